The first kappa shape index (κ1) is 18.8. The summed E-state index contributed by atoms with van der Waals surface area (Å²) < 4.78 is 6.09. The Morgan fingerprint density at radius 3 is 2.33 bits per heavy atom. The number of hydrogen-bond acceptors (Lipinski definition) is 2. The van der Waals surface area contributed by atoms with Crippen LogP contribution in [0.2, 0.25) is 0 Å². The van der Waals surface area contributed by atoms with Crippen LogP contribution in [0.4, 0.5) is 0 Å². The summed E-state index contributed by atoms with van der Waals surface area (Å²) in [6.45, 7) is 8.73. The van der Waals surface area contributed by atoms with Crippen molar-refractivity contribution in [1.29, 1.82) is 0 Å². The van der Waals surface area contributed by atoms with Crippen LogP contribution in [0.15, 0.2) is 73.3 Å². The molecule has 0 amide bonds. The number of rotatable bonds is 7. The second-order valence-corrected chi connectivity index (χ2v) is 6.99. The molecule has 0 radical (unpaired) electrons. The number of aromatic hydroxyl groups is 1. The molecule has 0 aliphatic heterocycles. The van der Waals surface area contributed by atoms with Crippen LogP contribution in [0.25, 0.3) is 5.57 Å². The summed E-state index contributed by atoms with van der Waals surface area (Å²) in [6, 6.07) is 22.1. The molecule has 0 aromatic heterocycles. The topological polar surface area (TPSA) is 29.5 Å². The van der Waals surface area contributed by atoms with E-state index in [0.717, 1.165) is 35.3 Å². The SMILES string of the molecule is C=C(C)c1cc(CCc2ccccc2O)cc(OCc2ccccc2C)c1. The highest BCUT2D eigenvalue weighted by Gasteiger charge is 2.07. The van der Waals surface area contributed by atoms with Gasteiger partial charge in [0.2, 0.25) is 0 Å². The maximum Gasteiger partial charge on any atom is 0.120 e. The molecule has 3 aromatic rings. The van der Waals surface area contributed by atoms with Gasteiger partial charge in [0.05, 0.1) is 0 Å². The molecule has 0 aliphatic carbocycles. The van der Waals surface area contributed by atoms with Crippen molar-refractivity contribution in [3.05, 3.63) is 101 Å². The molecule has 0 fully saturated rings. The van der Waals surface area contributed by atoms with Crippen molar-refractivity contribution in [2.75, 3.05) is 0 Å². The van der Waals surface area contributed by atoms with Crippen molar-refractivity contribution in [1.82, 2.24) is 0 Å². The van der Waals surface area contributed by atoms with Gasteiger partial charge in [0, 0.05) is 0 Å². The first-order valence-electron chi connectivity index (χ1n) is 9.27. The number of phenolic OH excluding ortho intramolecular Hbond substituents is 1. The van der Waals surface area contributed by atoms with E-state index in [9.17, 15) is 5.11 Å². The van der Waals surface area contributed by atoms with Crippen molar-refractivity contribution in [3.8, 4) is 11.5 Å². The standard InChI is InChI=1S/C25H26O2/c1-18(2)23-14-20(12-13-21-9-6-7-11-25(21)26)15-24(16-23)27-17-22-10-5-4-8-19(22)3/h4-11,14-16,26H,1,12-13,17H2,2-3H3. The number of ether oxygens (including phenoxy) is 1. The van der Waals surface area contributed by atoms with Gasteiger partial charge >= 0.3 is 0 Å². The van der Waals surface area contributed by atoms with Crippen LogP contribution in [-0.2, 0) is 19.4 Å². The van der Waals surface area contributed by atoms with Gasteiger partial charge in [-0.1, -0.05) is 60.7 Å². The highest BCUT2D eigenvalue weighted by atomic mass is 16.5. The predicted octanol–water partition coefficient (Wildman–Crippen LogP) is 6.10. The highest BCUT2D eigenvalue weighted by molar-refractivity contribution is 5.63. The molecule has 0 heterocycles. The minimum Gasteiger partial charge on any atom is -0.508 e. The van der Waals surface area contributed by atoms with Gasteiger partial charge in [-0.05, 0) is 72.7 Å². The second kappa shape index (κ2) is 8.59. The fourth-order valence-corrected chi connectivity index (χ4v) is 3.07. The van der Waals surface area contributed by atoms with Gasteiger partial charge in [-0.2, -0.15) is 0 Å². The lowest BCUT2D eigenvalue weighted by Gasteiger charge is -2.13. The lowest BCUT2D eigenvalue weighted by atomic mass is 9.99. The molecule has 0 unspecified atom stereocenters. The van der Waals surface area contributed by atoms with Crippen LogP contribution in [0.5, 0.6) is 11.5 Å². The fraction of sp³-hybridized carbons (Fsp3) is 0.200. The number of phenols is 1. The van der Waals surface area contributed by atoms with Crippen molar-refractivity contribution in [3.63, 3.8) is 0 Å². The lowest BCUT2D eigenvalue weighted by molar-refractivity contribution is 0.305. The lowest BCUT2D eigenvalue weighted by Crippen LogP contribution is -2.00. The molecule has 0 spiro atoms. The average molecular weight is 358 g/mol. The molecule has 1 N–H and O–H groups in total. The monoisotopic (exact) mass is 358 g/mol. The average Bonchev–Trinajstić information content (AvgIpc) is 2.66. The zero-order valence-corrected chi connectivity index (χ0v) is 16.0. The van der Waals surface area contributed by atoms with Crippen molar-refractivity contribution < 1.29 is 9.84 Å². The first-order valence-corrected chi connectivity index (χ1v) is 9.27. The molecule has 3 aromatic carbocycles. The highest BCUT2D eigenvalue weighted by Crippen LogP contribution is 2.25. The summed E-state index contributed by atoms with van der Waals surface area (Å²) in [4.78, 5) is 0. The van der Waals surface area contributed by atoms with E-state index in [1.165, 1.54) is 16.7 Å². The van der Waals surface area contributed by atoms with Gasteiger partial charge in [0.1, 0.15) is 18.1 Å². The predicted molar refractivity (Wildman–Crippen MR) is 112 cm³/mol. The number of para-hydroxylation sites is 1. The maximum atomic E-state index is 9.98. The van der Waals surface area contributed by atoms with Crippen LogP contribution in [0, 0.1) is 6.92 Å². The smallest absolute Gasteiger partial charge is 0.120 e. The number of aryl methyl sites for hydroxylation is 3. The Kier molecular flexibility index (Phi) is 5.97. The van der Waals surface area contributed by atoms with E-state index in [4.69, 9.17) is 4.74 Å². The number of allylic oxidation sites excluding steroid dienone is 1. The van der Waals surface area contributed by atoms with E-state index in [2.05, 4.69) is 37.8 Å². The van der Waals surface area contributed by atoms with E-state index in [1.807, 2.05) is 43.3 Å². The Hall–Kier alpha value is -3.00. The first-order chi connectivity index (χ1) is 13.0. The summed E-state index contributed by atoms with van der Waals surface area (Å²) in [5.74, 6) is 1.20. The summed E-state index contributed by atoms with van der Waals surface area (Å²) in [7, 11) is 0. The Bertz CT molecular complexity index is 873. The van der Waals surface area contributed by atoms with E-state index < -0.39 is 0 Å². The third kappa shape index (κ3) is 5.01. The third-order valence-electron chi connectivity index (χ3n) is 4.79. The Morgan fingerprint density at radius 1 is 0.926 bits per heavy atom. The summed E-state index contributed by atoms with van der Waals surface area (Å²) in [6.07, 6.45) is 1.61. The van der Waals surface area contributed by atoms with Crippen LogP contribution in [0.3, 0.4) is 0 Å². The number of benzene rings is 3. The van der Waals surface area contributed by atoms with Crippen molar-refractivity contribution >= 4 is 5.57 Å². The number of hydrogen-bond donors (Lipinski definition) is 1. The largest absolute Gasteiger partial charge is 0.508 e. The Morgan fingerprint density at radius 2 is 1.63 bits per heavy atom. The van der Waals surface area contributed by atoms with Gasteiger partial charge in [0.15, 0.2) is 0 Å². The maximum absolute atomic E-state index is 9.98. The zero-order valence-electron chi connectivity index (χ0n) is 16.0. The zero-order chi connectivity index (χ0) is 19.2. The van der Waals surface area contributed by atoms with Crippen molar-refractivity contribution in [2.45, 2.75) is 33.3 Å². The molecule has 2 nitrogen and oxygen atoms in total. The quantitative estimate of drug-likeness (QED) is 0.553. The molecule has 0 atom stereocenters. The van der Waals surface area contributed by atoms with Gasteiger partial charge in [-0.3, -0.25) is 0 Å². The van der Waals surface area contributed by atoms with Crippen LogP contribution in [0.1, 0.15) is 34.7 Å². The van der Waals surface area contributed by atoms with Crippen LogP contribution < -0.4 is 4.74 Å². The van der Waals surface area contributed by atoms with Crippen LogP contribution in [-0.4, -0.2) is 5.11 Å². The van der Waals surface area contributed by atoms with Gasteiger partial charge in [-0.15, -0.1) is 0 Å². The normalized spacial score (nSPS) is 10.6. The second-order valence-electron chi connectivity index (χ2n) is 6.99. The fourth-order valence-electron chi connectivity index (χ4n) is 3.07. The van der Waals surface area contributed by atoms with Crippen LogP contribution >= 0.6 is 0 Å². The summed E-state index contributed by atoms with van der Waals surface area (Å²) in [5, 5.41) is 9.98. The molecule has 2 heteroatoms. The molecule has 0 aliphatic rings. The minimum absolute atomic E-state index is 0.351. The Labute approximate surface area is 161 Å². The Balaban J connectivity index is 1.77. The van der Waals surface area contributed by atoms with Gasteiger partial charge in [0.25, 0.3) is 0 Å². The van der Waals surface area contributed by atoms with Gasteiger partial charge in [-0.25, -0.2) is 0 Å². The van der Waals surface area contributed by atoms with Crippen molar-refractivity contribution in [2.24, 2.45) is 0 Å². The molecule has 0 saturated carbocycles. The van der Waals surface area contributed by atoms with E-state index in [0.29, 0.717) is 12.4 Å². The molecule has 0 bridgehead atoms. The molecule has 138 valence electrons. The summed E-state index contributed by atoms with van der Waals surface area (Å²) >= 11 is 0. The van der Waals surface area contributed by atoms with Gasteiger partial charge < -0.3 is 9.84 Å². The third-order valence-corrected chi connectivity index (χ3v) is 4.79. The summed E-state index contributed by atoms with van der Waals surface area (Å²) in [5.41, 5.74) is 6.66. The van der Waals surface area contributed by atoms with E-state index in [-0.39, 0.29) is 0 Å². The van der Waals surface area contributed by atoms with E-state index >= 15 is 0 Å². The molecule has 3 rings (SSSR count). The van der Waals surface area contributed by atoms with E-state index in [1.54, 1.807) is 6.07 Å². The molecular formula is C25H26O2. The molecule has 27 heavy (non-hydrogen) atoms. The molecule has 0 saturated heterocycles. The minimum atomic E-state index is 0.351. The molecular weight excluding hydrogens is 332 g/mol.